The van der Waals surface area contributed by atoms with Gasteiger partial charge in [0.05, 0.1) is 16.8 Å². The number of carbonyl (C=O) groups is 1. The van der Waals surface area contributed by atoms with Crippen LogP contribution in [0.1, 0.15) is 12.8 Å². The number of hydrogen-bond donors (Lipinski definition) is 2. The van der Waals surface area contributed by atoms with Crippen molar-refractivity contribution >= 4 is 35.6 Å². The van der Waals surface area contributed by atoms with Gasteiger partial charge in [-0.1, -0.05) is 23.7 Å². The van der Waals surface area contributed by atoms with Crippen LogP contribution in [0.15, 0.2) is 24.3 Å². The first-order valence-corrected chi connectivity index (χ1v) is 5.44. The van der Waals surface area contributed by atoms with E-state index in [4.69, 9.17) is 11.6 Å². The highest BCUT2D eigenvalue weighted by Crippen LogP contribution is 2.21. The second kappa shape index (κ2) is 6.09. The van der Waals surface area contributed by atoms with Crippen molar-refractivity contribution in [3.63, 3.8) is 0 Å². The molecular formula is C11H14Cl2N2O. The molecule has 16 heavy (non-hydrogen) atoms. The minimum atomic E-state index is -0.0683. The summed E-state index contributed by atoms with van der Waals surface area (Å²) in [4.78, 5) is 11.7. The van der Waals surface area contributed by atoms with Crippen LogP contribution in [0.3, 0.4) is 0 Å². The molecule has 3 nitrogen and oxygen atoms in total. The van der Waals surface area contributed by atoms with E-state index in [1.165, 1.54) is 0 Å². The lowest BCUT2D eigenvalue weighted by Crippen LogP contribution is -2.35. The number of para-hydroxylation sites is 1. The molecule has 1 heterocycles. The van der Waals surface area contributed by atoms with E-state index < -0.39 is 0 Å². The Hall–Kier alpha value is -0.770. The molecule has 1 aliphatic rings. The van der Waals surface area contributed by atoms with E-state index in [2.05, 4.69) is 10.6 Å². The molecule has 0 aliphatic carbocycles. The van der Waals surface area contributed by atoms with Crippen molar-refractivity contribution in [1.29, 1.82) is 0 Å². The number of anilines is 1. The third-order valence-electron chi connectivity index (χ3n) is 2.51. The summed E-state index contributed by atoms with van der Waals surface area (Å²) in [6.07, 6.45) is 1.96. The zero-order valence-corrected chi connectivity index (χ0v) is 10.3. The average Bonchev–Trinajstić information content (AvgIpc) is 2.74. The smallest absolute Gasteiger partial charge is 0.241 e. The molecule has 1 fully saturated rings. The third kappa shape index (κ3) is 3.11. The van der Waals surface area contributed by atoms with Gasteiger partial charge in [-0.3, -0.25) is 4.79 Å². The SMILES string of the molecule is Cl.O=C(Nc1ccccc1Cl)C1CCCN1. The number of nitrogens with one attached hydrogen (secondary N) is 2. The minimum absolute atomic E-state index is 0. The van der Waals surface area contributed by atoms with Crippen molar-refractivity contribution in [2.24, 2.45) is 0 Å². The highest BCUT2D eigenvalue weighted by Gasteiger charge is 2.22. The molecule has 2 rings (SSSR count). The normalized spacial score (nSPS) is 18.9. The van der Waals surface area contributed by atoms with Gasteiger partial charge >= 0.3 is 0 Å². The van der Waals surface area contributed by atoms with Crippen molar-refractivity contribution in [2.75, 3.05) is 11.9 Å². The lowest BCUT2D eigenvalue weighted by atomic mass is 10.2. The average molecular weight is 261 g/mol. The zero-order chi connectivity index (χ0) is 10.7. The molecule has 1 saturated heterocycles. The first kappa shape index (κ1) is 13.3. The van der Waals surface area contributed by atoms with Gasteiger partial charge in [0.25, 0.3) is 0 Å². The fourth-order valence-electron chi connectivity index (χ4n) is 1.69. The highest BCUT2D eigenvalue weighted by molar-refractivity contribution is 6.33. The summed E-state index contributed by atoms with van der Waals surface area (Å²) in [5.74, 6) is 0.000556. The third-order valence-corrected chi connectivity index (χ3v) is 2.84. The van der Waals surface area contributed by atoms with Gasteiger partial charge in [-0.15, -0.1) is 12.4 Å². The Morgan fingerprint density at radius 2 is 2.19 bits per heavy atom. The summed E-state index contributed by atoms with van der Waals surface area (Å²) in [5.41, 5.74) is 0.679. The molecule has 1 atom stereocenters. The summed E-state index contributed by atoms with van der Waals surface area (Å²) in [6, 6.07) is 7.19. The van der Waals surface area contributed by atoms with E-state index in [0.717, 1.165) is 19.4 Å². The lowest BCUT2D eigenvalue weighted by Gasteiger charge is -2.11. The maximum atomic E-state index is 11.7. The summed E-state index contributed by atoms with van der Waals surface area (Å²) in [6.45, 7) is 0.917. The highest BCUT2D eigenvalue weighted by atomic mass is 35.5. The second-order valence-corrected chi connectivity index (χ2v) is 4.03. The quantitative estimate of drug-likeness (QED) is 0.858. The van der Waals surface area contributed by atoms with Crippen molar-refractivity contribution in [3.8, 4) is 0 Å². The number of carbonyl (C=O) groups excluding carboxylic acids is 1. The van der Waals surface area contributed by atoms with Crippen LogP contribution in [0.25, 0.3) is 0 Å². The van der Waals surface area contributed by atoms with E-state index >= 15 is 0 Å². The van der Waals surface area contributed by atoms with Gasteiger partial charge in [0.1, 0.15) is 0 Å². The molecule has 1 aromatic carbocycles. The second-order valence-electron chi connectivity index (χ2n) is 3.62. The Morgan fingerprint density at radius 3 is 2.81 bits per heavy atom. The fraction of sp³-hybridized carbons (Fsp3) is 0.364. The van der Waals surface area contributed by atoms with Gasteiger partial charge in [0.2, 0.25) is 5.91 Å². The first-order valence-electron chi connectivity index (χ1n) is 5.06. The predicted octanol–water partition coefficient (Wildman–Crippen LogP) is 2.45. The van der Waals surface area contributed by atoms with Gasteiger partial charge < -0.3 is 10.6 Å². The van der Waals surface area contributed by atoms with Crippen LogP contribution in [-0.4, -0.2) is 18.5 Å². The Morgan fingerprint density at radius 1 is 1.44 bits per heavy atom. The zero-order valence-electron chi connectivity index (χ0n) is 8.70. The molecule has 0 saturated carbocycles. The number of halogens is 2. The number of rotatable bonds is 2. The molecule has 1 aromatic rings. The Bertz CT molecular complexity index is 365. The van der Waals surface area contributed by atoms with E-state index in [1.807, 2.05) is 12.1 Å². The topological polar surface area (TPSA) is 41.1 Å². The van der Waals surface area contributed by atoms with Crippen LogP contribution in [-0.2, 0) is 4.79 Å². The van der Waals surface area contributed by atoms with E-state index in [-0.39, 0.29) is 24.4 Å². The standard InChI is InChI=1S/C11H13ClN2O.ClH/c12-8-4-1-2-5-9(8)14-11(15)10-6-3-7-13-10;/h1-2,4-5,10,13H,3,6-7H2,(H,14,15);1H. The molecular weight excluding hydrogens is 247 g/mol. The van der Waals surface area contributed by atoms with E-state index in [9.17, 15) is 4.79 Å². The Labute approximate surface area is 106 Å². The van der Waals surface area contributed by atoms with E-state index in [0.29, 0.717) is 10.7 Å². The van der Waals surface area contributed by atoms with Crippen LogP contribution in [0.4, 0.5) is 5.69 Å². The van der Waals surface area contributed by atoms with Crippen molar-refractivity contribution in [1.82, 2.24) is 5.32 Å². The summed E-state index contributed by atoms with van der Waals surface area (Å²) < 4.78 is 0. The predicted molar refractivity (Wildman–Crippen MR) is 68.4 cm³/mol. The molecule has 5 heteroatoms. The van der Waals surface area contributed by atoms with Gasteiger partial charge in [-0.25, -0.2) is 0 Å². The van der Waals surface area contributed by atoms with Gasteiger partial charge in [0, 0.05) is 0 Å². The largest absolute Gasteiger partial charge is 0.323 e. The molecule has 1 aliphatic heterocycles. The van der Waals surface area contributed by atoms with Gasteiger partial charge in [-0.2, -0.15) is 0 Å². The van der Waals surface area contributed by atoms with Crippen molar-refractivity contribution in [3.05, 3.63) is 29.3 Å². The summed E-state index contributed by atoms with van der Waals surface area (Å²) >= 11 is 5.94. The first-order chi connectivity index (χ1) is 7.27. The Kier molecular flexibility index (Phi) is 5.06. The maximum Gasteiger partial charge on any atom is 0.241 e. The van der Waals surface area contributed by atoms with Crippen LogP contribution >= 0.6 is 24.0 Å². The van der Waals surface area contributed by atoms with Crippen molar-refractivity contribution in [2.45, 2.75) is 18.9 Å². The van der Waals surface area contributed by atoms with Crippen molar-refractivity contribution < 1.29 is 4.79 Å². The van der Waals surface area contributed by atoms with Gasteiger partial charge in [0.15, 0.2) is 0 Å². The molecule has 1 unspecified atom stereocenters. The number of hydrogen-bond acceptors (Lipinski definition) is 2. The molecule has 1 amide bonds. The van der Waals surface area contributed by atoms with Crippen LogP contribution in [0.2, 0.25) is 5.02 Å². The molecule has 2 N–H and O–H groups in total. The van der Waals surface area contributed by atoms with Crippen LogP contribution in [0.5, 0.6) is 0 Å². The number of benzene rings is 1. The Balaban J connectivity index is 0.00000128. The molecule has 0 bridgehead atoms. The number of amides is 1. The molecule has 0 aromatic heterocycles. The molecule has 0 radical (unpaired) electrons. The minimum Gasteiger partial charge on any atom is -0.323 e. The lowest BCUT2D eigenvalue weighted by molar-refractivity contribution is -0.117. The van der Waals surface area contributed by atoms with Crippen LogP contribution < -0.4 is 10.6 Å². The van der Waals surface area contributed by atoms with Gasteiger partial charge in [-0.05, 0) is 31.5 Å². The molecule has 0 spiro atoms. The monoisotopic (exact) mass is 260 g/mol. The van der Waals surface area contributed by atoms with Crippen LogP contribution in [0, 0.1) is 0 Å². The maximum absolute atomic E-state index is 11.7. The fourth-order valence-corrected chi connectivity index (χ4v) is 1.87. The summed E-state index contributed by atoms with van der Waals surface area (Å²) in [5, 5.41) is 6.53. The van der Waals surface area contributed by atoms with E-state index in [1.54, 1.807) is 12.1 Å². The summed E-state index contributed by atoms with van der Waals surface area (Å²) in [7, 11) is 0. The molecule has 88 valence electrons.